The third-order valence-electron chi connectivity index (χ3n) is 2.31. The van der Waals surface area contributed by atoms with E-state index in [-0.39, 0.29) is 0 Å². The van der Waals surface area contributed by atoms with Crippen molar-refractivity contribution >= 4 is 11.6 Å². The van der Waals surface area contributed by atoms with Crippen LogP contribution in [0.25, 0.3) is 0 Å². The van der Waals surface area contributed by atoms with Crippen LogP contribution in [0.3, 0.4) is 0 Å². The molecule has 0 aromatic heterocycles. The number of rotatable bonds is 5. The van der Waals surface area contributed by atoms with E-state index in [0.717, 1.165) is 22.8 Å². The molecule has 0 aliphatic carbocycles. The molecule has 0 bridgehead atoms. The molecule has 3 heteroatoms. The molecule has 2 nitrogen and oxygen atoms in total. The molecule has 0 fully saturated rings. The van der Waals surface area contributed by atoms with Crippen molar-refractivity contribution in [3.05, 3.63) is 28.8 Å². The monoisotopic (exact) mass is 228 g/mol. The van der Waals surface area contributed by atoms with Crippen molar-refractivity contribution in [1.29, 1.82) is 0 Å². The number of halogens is 1. The molecule has 84 valence electrons. The summed E-state index contributed by atoms with van der Waals surface area (Å²) in [6.45, 7) is 4.31. The normalized spacial score (nSPS) is 12.5. The molecule has 0 spiro atoms. The number of benzene rings is 1. The van der Waals surface area contributed by atoms with Crippen LogP contribution in [0.15, 0.2) is 18.2 Å². The number of aliphatic hydroxyl groups is 1. The van der Waals surface area contributed by atoms with Crippen LogP contribution in [-0.2, 0) is 6.42 Å². The van der Waals surface area contributed by atoms with Crippen LogP contribution in [-0.4, -0.2) is 17.8 Å². The molecular weight excluding hydrogens is 212 g/mol. The molecule has 15 heavy (non-hydrogen) atoms. The van der Waals surface area contributed by atoms with E-state index in [4.69, 9.17) is 16.3 Å². The van der Waals surface area contributed by atoms with E-state index in [9.17, 15) is 5.11 Å². The summed E-state index contributed by atoms with van der Waals surface area (Å²) in [7, 11) is 0. The van der Waals surface area contributed by atoms with Gasteiger partial charge < -0.3 is 9.84 Å². The Morgan fingerprint density at radius 2 is 2.13 bits per heavy atom. The zero-order valence-corrected chi connectivity index (χ0v) is 9.92. The van der Waals surface area contributed by atoms with Gasteiger partial charge >= 0.3 is 0 Å². The summed E-state index contributed by atoms with van der Waals surface area (Å²) in [5.74, 6) is 0.767. The first-order valence-corrected chi connectivity index (χ1v) is 5.64. The van der Waals surface area contributed by atoms with Gasteiger partial charge in [-0.25, -0.2) is 0 Å². The van der Waals surface area contributed by atoms with E-state index in [1.165, 1.54) is 0 Å². The molecule has 1 atom stereocenters. The SMILES string of the molecule is CCc1cc(OCC(O)CC)ccc1Cl. The van der Waals surface area contributed by atoms with Crippen LogP contribution in [0.1, 0.15) is 25.8 Å². The van der Waals surface area contributed by atoms with Crippen molar-refractivity contribution in [3.8, 4) is 5.75 Å². The number of aryl methyl sites for hydroxylation is 1. The van der Waals surface area contributed by atoms with Crippen molar-refractivity contribution < 1.29 is 9.84 Å². The standard InChI is InChI=1S/C12H17ClO2/c1-3-9-7-11(5-6-12(9)13)15-8-10(14)4-2/h5-7,10,14H,3-4,8H2,1-2H3. The quantitative estimate of drug-likeness (QED) is 0.840. The smallest absolute Gasteiger partial charge is 0.119 e. The molecule has 0 saturated heterocycles. The lowest BCUT2D eigenvalue weighted by Crippen LogP contribution is -2.16. The summed E-state index contributed by atoms with van der Waals surface area (Å²) in [4.78, 5) is 0. The highest BCUT2D eigenvalue weighted by molar-refractivity contribution is 6.31. The summed E-state index contributed by atoms with van der Waals surface area (Å²) in [5.41, 5.74) is 1.07. The molecule has 1 rings (SSSR count). The van der Waals surface area contributed by atoms with Crippen molar-refractivity contribution in [2.24, 2.45) is 0 Å². The first-order chi connectivity index (χ1) is 7.17. The number of hydrogen-bond donors (Lipinski definition) is 1. The van der Waals surface area contributed by atoms with Crippen molar-refractivity contribution in [2.45, 2.75) is 32.8 Å². The van der Waals surface area contributed by atoms with Crippen molar-refractivity contribution in [2.75, 3.05) is 6.61 Å². The van der Waals surface area contributed by atoms with E-state index in [2.05, 4.69) is 0 Å². The maximum absolute atomic E-state index is 9.35. The van der Waals surface area contributed by atoms with E-state index >= 15 is 0 Å². The summed E-state index contributed by atoms with van der Waals surface area (Å²) in [6, 6.07) is 5.57. The summed E-state index contributed by atoms with van der Waals surface area (Å²) >= 11 is 5.98. The number of ether oxygens (including phenoxy) is 1. The minimum Gasteiger partial charge on any atom is -0.491 e. The second-order valence-corrected chi connectivity index (χ2v) is 3.89. The minimum absolute atomic E-state index is 0.335. The number of aliphatic hydroxyl groups excluding tert-OH is 1. The van der Waals surface area contributed by atoms with Gasteiger partial charge in [-0.3, -0.25) is 0 Å². The first kappa shape index (κ1) is 12.3. The van der Waals surface area contributed by atoms with Gasteiger partial charge in [0.15, 0.2) is 0 Å². The largest absolute Gasteiger partial charge is 0.491 e. The maximum atomic E-state index is 9.35. The zero-order valence-electron chi connectivity index (χ0n) is 9.16. The molecule has 0 aliphatic rings. The molecule has 1 unspecified atom stereocenters. The van der Waals surface area contributed by atoms with E-state index in [0.29, 0.717) is 13.0 Å². The number of hydrogen-bond acceptors (Lipinski definition) is 2. The second-order valence-electron chi connectivity index (χ2n) is 3.48. The molecule has 0 radical (unpaired) electrons. The van der Waals surface area contributed by atoms with Crippen molar-refractivity contribution in [1.82, 2.24) is 0 Å². The average Bonchev–Trinajstić information content (AvgIpc) is 2.27. The van der Waals surface area contributed by atoms with Gasteiger partial charge in [0.25, 0.3) is 0 Å². The Kier molecular flexibility index (Phi) is 4.92. The highest BCUT2D eigenvalue weighted by Gasteiger charge is 2.04. The summed E-state index contributed by atoms with van der Waals surface area (Å²) in [6.07, 6.45) is 1.19. The van der Waals surface area contributed by atoms with Crippen LogP contribution in [0.5, 0.6) is 5.75 Å². The minimum atomic E-state index is -0.397. The van der Waals surface area contributed by atoms with Crippen molar-refractivity contribution in [3.63, 3.8) is 0 Å². The van der Waals surface area contributed by atoms with Gasteiger partial charge in [-0.15, -0.1) is 0 Å². The van der Waals surface area contributed by atoms with Crippen LogP contribution >= 0.6 is 11.6 Å². The Labute approximate surface area is 95.8 Å². The molecule has 1 N–H and O–H groups in total. The Morgan fingerprint density at radius 3 is 2.73 bits per heavy atom. The predicted molar refractivity (Wildman–Crippen MR) is 62.6 cm³/mol. The van der Waals surface area contributed by atoms with Gasteiger partial charge in [0.05, 0.1) is 6.10 Å². The predicted octanol–water partition coefficient (Wildman–Crippen LogP) is 3.05. The van der Waals surface area contributed by atoms with E-state index in [1.807, 2.05) is 32.0 Å². The Balaban J connectivity index is 2.62. The highest BCUT2D eigenvalue weighted by Crippen LogP contribution is 2.22. The summed E-state index contributed by atoms with van der Waals surface area (Å²) in [5, 5.41) is 10.1. The Bertz CT molecular complexity index is 312. The zero-order chi connectivity index (χ0) is 11.3. The molecule has 0 heterocycles. The molecule has 1 aromatic rings. The van der Waals surface area contributed by atoms with E-state index in [1.54, 1.807) is 0 Å². The van der Waals surface area contributed by atoms with E-state index < -0.39 is 6.10 Å². The first-order valence-electron chi connectivity index (χ1n) is 5.26. The van der Waals surface area contributed by atoms with Gasteiger partial charge in [-0.2, -0.15) is 0 Å². The lowest BCUT2D eigenvalue weighted by molar-refractivity contribution is 0.104. The highest BCUT2D eigenvalue weighted by atomic mass is 35.5. The van der Waals surface area contributed by atoms with Crippen LogP contribution in [0.2, 0.25) is 5.02 Å². The fourth-order valence-electron chi connectivity index (χ4n) is 1.22. The Hall–Kier alpha value is -0.730. The van der Waals surface area contributed by atoms with Gasteiger partial charge in [0.2, 0.25) is 0 Å². The average molecular weight is 229 g/mol. The van der Waals surface area contributed by atoms with Crippen LogP contribution < -0.4 is 4.74 Å². The van der Waals surface area contributed by atoms with Gasteiger partial charge in [0, 0.05) is 5.02 Å². The van der Waals surface area contributed by atoms with Gasteiger partial charge in [-0.05, 0) is 36.6 Å². The third kappa shape index (κ3) is 3.73. The van der Waals surface area contributed by atoms with Gasteiger partial charge in [0.1, 0.15) is 12.4 Å². The van der Waals surface area contributed by atoms with Gasteiger partial charge in [-0.1, -0.05) is 25.4 Å². The second kappa shape index (κ2) is 5.99. The van der Waals surface area contributed by atoms with Crippen LogP contribution in [0.4, 0.5) is 0 Å². The molecule has 0 saturated carbocycles. The fraction of sp³-hybridized carbons (Fsp3) is 0.500. The van der Waals surface area contributed by atoms with Crippen LogP contribution in [0, 0.1) is 0 Å². The topological polar surface area (TPSA) is 29.5 Å². The summed E-state index contributed by atoms with van der Waals surface area (Å²) < 4.78 is 5.45. The Morgan fingerprint density at radius 1 is 1.40 bits per heavy atom. The lowest BCUT2D eigenvalue weighted by Gasteiger charge is -2.11. The molecule has 0 amide bonds. The lowest BCUT2D eigenvalue weighted by atomic mass is 10.1. The molecular formula is C12H17ClO2. The maximum Gasteiger partial charge on any atom is 0.119 e. The fourth-order valence-corrected chi connectivity index (χ4v) is 1.47. The molecule has 1 aromatic carbocycles. The molecule has 0 aliphatic heterocycles. The third-order valence-corrected chi connectivity index (χ3v) is 2.68.